The van der Waals surface area contributed by atoms with E-state index in [2.05, 4.69) is 10.3 Å². The first-order valence-corrected chi connectivity index (χ1v) is 16.6. The molecule has 0 radical (unpaired) electrons. The molecule has 280 valence electrons. The van der Waals surface area contributed by atoms with Gasteiger partial charge in [-0.1, -0.05) is 60.7 Å². The number of rotatable bonds is 10. The molecular weight excluding hydrogens is 660 g/mol. The minimum Gasteiger partial charge on any atom is -0.459 e. The van der Waals surface area contributed by atoms with Crippen LogP contribution in [0.1, 0.15) is 86.3 Å². The Morgan fingerprint density at radius 3 is 1.65 bits per heavy atom. The van der Waals surface area contributed by atoms with Gasteiger partial charge in [0.15, 0.2) is 0 Å². The Labute approximate surface area is 300 Å². The third kappa shape index (κ3) is 16.9. The highest BCUT2D eigenvalue weighted by Crippen LogP contribution is 2.17. The lowest BCUT2D eigenvalue weighted by atomic mass is 10.1. The van der Waals surface area contributed by atoms with Crippen molar-refractivity contribution in [3.8, 4) is 0 Å². The number of nitrogens with one attached hydrogen (secondary N) is 1. The summed E-state index contributed by atoms with van der Waals surface area (Å²) in [4.78, 5) is 71.8. The number of alkyl carbamates (subject to hydrolysis) is 1. The fourth-order valence-corrected chi connectivity index (χ4v) is 4.12. The number of carbonyl (C=O) groups is 5. The van der Waals surface area contributed by atoms with E-state index < -0.39 is 59.1 Å². The van der Waals surface area contributed by atoms with Crippen LogP contribution in [0.2, 0.25) is 0 Å². The molecule has 14 heteroatoms. The average Bonchev–Trinajstić information content (AvgIpc) is 3.01. The van der Waals surface area contributed by atoms with Crippen LogP contribution in [0.4, 0.5) is 19.2 Å². The smallest absolute Gasteiger partial charge is 0.437 e. The number of nitrogens with zero attached hydrogens (tertiary/aromatic N) is 3. The summed E-state index contributed by atoms with van der Waals surface area (Å²) in [6, 6.07) is 16.8. The van der Waals surface area contributed by atoms with Gasteiger partial charge in [0, 0.05) is 13.6 Å². The van der Waals surface area contributed by atoms with Gasteiger partial charge in [-0.25, -0.2) is 33.8 Å². The molecule has 51 heavy (non-hydrogen) atoms. The number of aliphatic imine (C=N–C) groups is 1. The van der Waals surface area contributed by atoms with E-state index in [9.17, 15) is 24.0 Å². The molecule has 0 unspecified atom stereocenters. The van der Waals surface area contributed by atoms with E-state index in [1.165, 1.54) is 7.05 Å². The van der Waals surface area contributed by atoms with Crippen molar-refractivity contribution in [1.82, 2.24) is 15.1 Å². The number of benzene rings is 2. The molecule has 0 aliphatic carbocycles. The topological polar surface area (TPSA) is 162 Å². The van der Waals surface area contributed by atoms with E-state index in [0.717, 1.165) is 20.9 Å². The summed E-state index contributed by atoms with van der Waals surface area (Å²) in [7, 11) is 1.28. The Morgan fingerprint density at radius 1 is 0.686 bits per heavy atom. The van der Waals surface area contributed by atoms with Crippen molar-refractivity contribution in [2.75, 3.05) is 13.6 Å². The van der Waals surface area contributed by atoms with Crippen LogP contribution in [0.5, 0.6) is 0 Å². The van der Waals surface area contributed by atoms with E-state index in [1.807, 2.05) is 12.1 Å². The second-order valence-corrected chi connectivity index (χ2v) is 14.6. The van der Waals surface area contributed by atoms with Gasteiger partial charge in [-0.05, 0) is 86.3 Å². The molecule has 0 saturated carbocycles. The van der Waals surface area contributed by atoms with Crippen LogP contribution in [-0.2, 0) is 41.7 Å². The lowest BCUT2D eigenvalue weighted by Gasteiger charge is -2.32. The standard InChI is InChI=1S/C37H52N4O10/c1-35(2,3)49-32(44)39-30(40(10)33(45)50-36(4,5)6)41(34(46)51-37(7,8)9)23-17-22-28(29(42)47-24-26-18-13-11-14-19-26)38-31(43)48-25-27-20-15-12-16-21-27/h11-16,18-21,28H,17,22-25H2,1-10H3,(H,38,43)/b39-30-/t28-/m0/s1. The average molecular weight is 713 g/mol. The van der Waals surface area contributed by atoms with Gasteiger partial charge in [0.05, 0.1) is 0 Å². The molecule has 2 aromatic carbocycles. The number of carbonyl (C=O) groups excluding carboxylic acids is 5. The molecule has 14 nitrogen and oxygen atoms in total. The van der Waals surface area contributed by atoms with Crippen molar-refractivity contribution in [3.05, 3.63) is 71.8 Å². The van der Waals surface area contributed by atoms with E-state index in [1.54, 1.807) is 111 Å². The van der Waals surface area contributed by atoms with Crippen LogP contribution in [0.15, 0.2) is 65.7 Å². The Kier molecular flexibility index (Phi) is 15.4. The molecule has 2 rings (SSSR count). The maximum atomic E-state index is 13.7. The highest BCUT2D eigenvalue weighted by Gasteiger charge is 2.34. The van der Waals surface area contributed by atoms with E-state index >= 15 is 0 Å². The van der Waals surface area contributed by atoms with Crippen molar-refractivity contribution >= 4 is 36.3 Å². The van der Waals surface area contributed by atoms with Crippen LogP contribution < -0.4 is 5.32 Å². The molecule has 0 fully saturated rings. The fraction of sp³-hybridized carbons (Fsp3) is 0.514. The van der Waals surface area contributed by atoms with Gasteiger partial charge in [-0.2, -0.15) is 0 Å². The SMILES string of the molecule is CN(C(=O)OC(C)(C)C)/C(=N/C(=O)OC(C)(C)C)N(CCC[C@H](NC(=O)OCc1ccccc1)C(=O)OCc1ccccc1)C(=O)OC(C)(C)C. The Morgan fingerprint density at radius 2 is 1.16 bits per heavy atom. The second kappa shape index (κ2) is 18.7. The van der Waals surface area contributed by atoms with Crippen molar-refractivity contribution in [1.29, 1.82) is 0 Å². The molecule has 0 spiro atoms. The first-order chi connectivity index (χ1) is 23.6. The molecule has 0 saturated heterocycles. The monoisotopic (exact) mass is 712 g/mol. The highest BCUT2D eigenvalue weighted by molar-refractivity contribution is 6.04. The van der Waals surface area contributed by atoms with Crippen molar-refractivity contribution in [3.63, 3.8) is 0 Å². The Hall–Kier alpha value is -5.14. The van der Waals surface area contributed by atoms with E-state index in [0.29, 0.717) is 0 Å². The molecule has 0 heterocycles. The normalized spacial score (nSPS) is 12.5. The highest BCUT2D eigenvalue weighted by atomic mass is 16.6. The summed E-state index contributed by atoms with van der Waals surface area (Å²) in [5.41, 5.74) is -1.37. The molecule has 1 atom stereocenters. The predicted octanol–water partition coefficient (Wildman–Crippen LogP) is 7.20. The zero-order valence-electron chi connectivity index (χ0n) is 31.3. The molecule has 0 bridgehead atoms. The Bertz CT molecular complexity index is 1490. The summed E-state index contributed by atoms with van der Waals surface area (Å²) in [6.45, 7) is 14.5. The fourth-order valence-electron chi connectivity index (χ4n) is 4.12. The van der Waals surface area contributed by atoms with Gasteiger partial charge in [0.25, 0.3) is 0 Å². The molecule has 0 aliphatic heterocycles. The lowest BCUT2D eigenvalue weighted by molar-refractivity contribution is -0.147. The van der Waals surface area contributed by atoms with Gasteiger partial charge in [-0.3, -0.25) is 0 Å². The number of ether oxygens (including phenoxy) is 5. The van der Waals surface area contributed by atoms with Crippen molar-refractivity contribution < 1.29 is 47.7 Å². The van der Waals surface area contributed by atoms with Gasteiger partial charge in [0.1, 0.15) is 36.1 Å². The van der Waals surface area contributed by atoms with Gasteiger partial charge in [-0.15, -0.1) is 4.99 Å². The molecule has 0 aliphatic rings. The third-order valence-corrected chi connectivity index (χ3v) is 6.30. The first kappa shape index (κ1) is 42.0. The Balaban J connectivity index is 2.40. The lowest BCUT2D eigenvalue weighted by Crippen LogP contribution is -2.51. The number of hydrogen-bond acceptors (Lipinski definition) is 10. The summed E-state index contributed by atoms with van der Waals surface area (Å²) in [5.74, 6) is -1.18. The zero-order valence-corrected chi connectivity index (χ0v) is 31.3. The second-order valence-electron chi connectivity index (χ2n) is 14.6. The summed E-state index contributed by atoms with van der Waals surface area (Å²) < 4.78 is 27.3. The predicted molar refractivity (Wildman–Crippen MR) is 190 cm³/mol. The zero-order chi connectivity index (χ0) is 38.4. The van der Waals surface area contributed by atoms with Gasteiger partial charge >= 0.3 is 30.3 Å². The minimum absolute atomic E-state index is 0.0266. The van der Waals surface area contributed by atoms with Gasteiger partial charge < -0.3 is 29.0 Å². The van der Waals surface area contributed by atoms with E-state index in [-0.39, 0.29) is 32.6 Å². The minimum atomic E-state index is -1.20. The van der Waals surface area contributed by atoms with Crippen molar-refractivity contribution in [2.24, 2.45) is 4.99 Å². The van der Waals surface area contributed by atoms with Crippen LogP contribution in [0.25, 0.3) is 0 Å². The van der Waals surface area contributed by atoms with Crippen LogP contribution in [-0.4, -0.2) is 82.5 Å². The third-order valence-electron chi connectivity index (χ3n) is 6.30. The molecule has 1 N–H and O–H groups in total. The molecule has 2 aromatic rings. The maximum absolute atomic E-state index is 13.7. The largest absolute Gasteiger partial charge is 0.459 e. The summed E-state index contributed by atoms with van der Waals surface area (Å²) in [5, 5.41) is 2.56. The molecule has 4 amide bonds. The molecule has 0 aromatic heterocycles. The van der Waals surface area contributed by atoms with Crippen LogP contribution in [0, 0.1) is 0 Å². The summed E-state index contributed by atoms with van der Waals surface area (Å²) >= 11 is 0. The quantitative estimate of drug-likeness (QED) is 0.115. The number of esters is 1. The van der Waals surface area contributed by atoms with Crippen LogP contribution in [0.3, 0.4) is 0 Å². The summed E-state index contributed by atoms with van der Waals surface area (Å²) in [6.07, 6.45) is -3.82. The first-order valence-electron chi connectivity index (χ1n) is 16.6. The van der Waals surface area contributed by atoms with Crippen LogP contribution >= 0.6 is 0 Å². The molecular formula is C37H52N4O10. The van der Waals surface area contributed by atoms with E-state index in [4.69, 9.17) is 23.7 Å². The maximum Gasteiger partial charge on any atom is 0.437 e. The number of amides is 4. The number of hydrogen-bond donors (Lipinski definition) is 1. The van der Waals surface area contributed by atoms with Crippen molar-refractivity contribution in [2.45, 2.75) is 111 Å². The van der Waals surface area contributed by atoms with Gasteiger partial charge in [0.2, 0.25) is 5.96 Å². The number of guanidine groups is 1.